The first-order valence-corrected chi connectivity index (χ1v) is 23.5. The van der Waals surface area contributed by atoms with E-state index in [0.29, 0.717) is 53.8 Å². The molecular formula is C42H70O9S. The Hall–Kier alpha value is -0.330. The molecule has 9 nitrogen and oxygen atoms in total. The Morgan fingerprint density at radius 1 is 0.615 bits per heavy atom. The molecule has 10 fully saturated rings. The van der Waals surface area contributed by atoms with E-state index >= 15 is 0 Å². The number of hydrogen-bond donors (Lipinski definition) is 1. The predicted molar refractivity (Wildman–Crippen MR) is 198 cm³/mol. The lowest BCUT2D eigenvalue weighted by Gasteiger charge is -2.61. The van der Waals surface area contributed by atoms with Crippen molar-refractivity contribution in [2.45, 2.75) is 179 Å². The van der Waals surface area contributed by atoms with Crippen molar-refractivity contribution in [3.63, 3.8) is 0 Å². The van der Waals surface area contributed by atoms with Gasteiger partial charge in [-0.1, -0.05) is 54.4 Å². The molecule has 1 N–H and O–H groups in total. The molecule has 2 spiro atoms. The highest BCUT2D eigenvalue weighted by atomic mass is 32.2. The number of sulfone groups is 1. The molecule has 18 atom stereocenters. The molecule has 52 heavy (non-hydrogen) atoms. The number of aliphatic hydroxyl groups is 1. The average Bonchev–Trinajstić information content (AvgIpc) is 3.45. The third kappa shape index (κ3) is 6.49. The van der Waals surface area contributed by atoms with Crippen LogP contribution in [0.15, 0.2) is 0 Å². The van der Waals surface area contributed by atoms with E-state index in [4.69, 9.17) is 29.0 Å². The second kappa shape index (κ2) is 14.9. The maximum atomic E-state index is 14.0. The van der Waals surface area contributed by atoms with Crippen LogP contribution in [0.2, 0.25) is 0 Å². The first-order valence-electron chi connectivity index (χ1n) is 21.7. The normalized spacial score (nSPS) is 51.6. The van der Waals surface area contributed by atoms with Crippen LogP contribution in [0.4, 0.5) is 0 Å². The van der Waals surface area contributed by atoms with Crippen LogP contribution in [0, 0.1) is 65.1 Å². The lowest BCUT2D eigenvalue weighted by atomic mass is 9.55. The molecule has 0 amide bonds. The largest absolute Gasteiger partial charge is 0.396 e. The first-order chi connectivity index (χ1) is 24.9. The van der Waals surface area contributed by atoms with Crippen molar-refractivity contribution in [2.24, 2.45) is 65.1 Å². The Kier molecular flexibility index (Phi) is 11.0. The number of hydrogen-bond acceptors (Lipinski definition) is 9. The molecule has 6 saturated heterocycles. The molecule has 10 heteroatoms. The summed E-state index contributed by atoms with van der Waals surface area (Å²) in [6.45, 7) is 14.2. The van der Waals surface area contributed by atoms with Crippen molar-refractivity contribution in [3.05, 3.63) is 0 Å². The maximum Gasteiger partial charge on any atom is 0.150 e. The SMILES string of the molecule is C[C@H]1[C@@H](CC(C[C@H]2O[C@@H]3C[C@@H](C)[C@@H]4C[C@H]5[C@H](C)CC[C@@H]([C@H]2C)[C@@]35OO4)CS(=O)(=O)CCCCCCO)O[C@@H]2C[C@@H](C)[C@@H]3C[C@H]4[C@H](C)CC[C@@H]1[C@@]24OO3. The van der Waals surface area contributed by atoms with Crippen LogP contribution in [0.25, 0.3) is 0 Å². The Balaban J connectivity index is 1.06. The number of ether oxygens (including phenoxy) is 2. The number of unbranched alkanes of at least 4 members (excludes halogenated alkanes) is 3. The number of rotatable bonds is 12. The van der Waals surface area contributed by atoms with Crippen LogP contribution >= 0.6 is 0 Å². The van der Waals surface area contributed by atoms with Crippen LogP contribution in [-0.4, -0.2) is 79.5 Å². The summed E-state index contributed by atoms with van der Waals surface area (Å²) in [6.07, 6.45) is 13.1. The minimum Gasteiger partial charge on any atom is -0.396 e. The van der Waals surface area contributed by atoms with Crippen molar-refractivity contribution in [1.29, 1.82) is 0 Å². The van der Waals surface area contributed by atoms with Crippen LogP contribution in [0.1, 0.15) is 131 Å². The van der Waals surface area contributed by atoms with E-state index in [2.05, 4.69) is 41.5 Å². The smallest absolute Gasteiger partial charge is 0.150 e. The van der Waals surface area contributed by atoms with Crippen molar-refractivity contribution in [2.75, 3.05) is 18.1 Å². The van der Waals surface area contributed by atoms with Gasteiger partial charge >= 0.3 is 0 Å². The van der Waals surface area contributed by atoms with E-state index in [1.54, 1.807) is 0 Å². The molecule has 0 radical (unpaired) electrons. The van der Waals surface area contributed by atoms with Gasteiger partial charge in [0.15, 0.2) is 9.84 Å². The van der Waals surface area contributed by atoms with Gasteiger partial charge in [-0.15, -0.1) is 0 Å². The van der Waals surface area contributed by atoms with Gasteiger partial charge in [-0.05, 0) is 142 Å². The van der Waals surface area contributed by atoms with E-state index in [-0.39, 0.29) is 72.5 Å². The second-order valence-electron chi connectivity index (χ2n) is 19.7. The molecule has 4 bridgehead atoms. The van der Waals surface area contributed by atoms with E-state index < -0.39 is 21.0 Å². The van der Waals surface area contributed by atoms with Gasteiger partial charge in [-0.3, -0.25) is 0 Å². The zero-order chi connectivity index (χ0) is 36.6. The molecule has 6 heterocycles. The van der Waals surface area contributed by atoms with Gasteiger partial charge in [-0.25, -0.2) is 28.0 Å². The van der Waals surface area contributed by atoms with Crippen LogP contribution in [0.5, 0.6) is 0 Å². The minimum atomic E-state index is -3.31. The Morgan fingerprint density at radius 2 is 1.10 bits per heavy atom. The Bertz CT molecular complexity index is 1280. The van der Waals surface area contributed by atoms with Gasteiger partial charge in [-0.2, -0.15) is 0 Å². The third-order valence-corrected chi connectivity index (χ3v) is 18.6. The highest BCUT2D eigenvalue weighted by Gasteiger charge is 2.69. The van der Waals surface area contributed by atoms with Crippen molar-refractivity contribution < 1.29 is 42.5 Å². The molecule has 0 aromatic rings. The molecule has 0 aromatic heterocycles. The summed E-state index contributed by atoms with van der Waals surface area (Å²) in [5.41, 5.74) is -0.821. The maximum absolute atomic E-state index is 14.0. The summed E-state index contributed by atoms with van der Waals surface area (Å²) in [5, 5.41) is 9.24. The monoisotopic (exact) mass is 750 g/mol. The molecule has 0 aromatic carbocycles. The topological polar surface area (TPSA) is 110 Å². The predicted octanol–water partition coefficient (Wildman–Crippen LogP) is 7.48. The summed E-state index contributed by atoms with van der Waals surface area (Å²) in [6, 6.07) is 0. The van der Waals surface area contributed by atoms with Crippen LogP contribution in [0.3, 0.4) is 0 Å². The van der Waals surface area contributed by atoms with E-state index in [1.165, 1.54) is 12.8 Å². The van der Waals surface area contributed by atoms with Gasteiger partial charge in [0.2, 0.25) is 0 Å². The third-order valence-electron chi connectivity index (χ3n) is 16.7. The summed E-state index contributed by atoms with van der Waals surface area (Å²) in [7, 11) is -3.31. The van der Waals surface area contributed by atoms with Crippen molar-refractivity contribution in [1.82, 2.24) is 0 Å². The standard InChI is InChI=1S/C42H70O9S/c1-24-11-13-31-28(5)37(46-39-17-26(3)35-21-33(24)41(31,39)50-48-35)19-30(23-52(44,45)16-10-8-7-9-15-43)20-38-29(6)32-14-12-25(2)34-22-36-27(4)18-40(47-38)42(32,34)51-49-36/h24-40,43H,7-23H2,1-6H3/t24-,25-,26-,27-,28-,29-,31+,32+,33+,34+,35+,36+,37-,38-,39-,40-,41+,42+/m1/s1. The molecule has 4 saturated carbocycles. The summed E-state index contributed by atoms with van der Waals surface area (Å²) in [4.78, 5) is 25.5. The number of aliphatic hydroxyl groups excluding tert-OH is 1. The fraction of sp³-hybridized carbons (Fsp3) is 1.00. The molecule has 10 aliphatic rings. The molecule has 298 valence electrons. The van der Waals surface area contributed by atoms with Gasteiger partial charge in [0.25, 0.3) is 0 Å². The van der Waals surface area contributed by atoms with E-state index in [0.717, 1.165) is 70.6 Å². The second-order valence-corrected chi connectivity index (χ2v) is 21.9. The van der Waals surface area contributed by atoms with Crippen LogP contribution < -0.4 is 0 Å². The molecule has 0 unspecified atom stereocenters. The first kappa shape index (κ1) is 38.5. The van der Waals surface area contributed by atoms with Gasteiger partial charge < -0.3 is 14.6 Å². The highest BCUT2D eigenvalue weighted by molar-refractivity contribution is 7.91. The zero-order valence-corrected chi connectivity index (χ0v) is 33.8. The molecule has 4 aliphatic carbocycles. The molecule has 6 aliphatic heterocycles. The quantitative estimate of drug-likeness (QED) is 0.160. The molecular weight excluding hydrogens is 681 g/mol. The van der Waals surface area contributed by atoms with Gasteiger partial charge in [0.1, 0.15) is 11.2 Å². The summed E-state index contributed by atoms with van der Waals surface area (Å²) >= 11 is 0. The molecule has 10 rings (SSSR count). The summed E-state index contributed by atoms with van der Waals surface area (Å²) < 4.78 is 42.5. The Labute approximate surface area is 314 Å². The van der Waals surface area contributed by atoms with E-state index in [9.17, 15) is 13.5 Å². The Morgan fingerprint density at radius 3 is 1.58 bits per heavy atom. The van der Waals surface area contributed by atoms with Gasteiger partial charge in [0, 0.05) is 6.61 Å². The van der Waals surface area contributed by atoms with Crippen molar-refractivity contribution in [3.8, 4) is 0 Å². The fourth-order valence-corrected chi connectivity index (χ4v) is 15.5. The highest BCUT2D eigenvalue weighted by Crippen LogP contribution is 2.63. The number of fused-ring (bicyclic) bond motifs is 4. The van der Waals surface area contributed by atoms with E-state index in [1.807, 2.05) is 0 Å². The van der Waals surface area contributed by atoms with Gasteiger partial charge in [0.05, 0.1) is 48.1 Å². The fourth-order valence-electron chi connectivity index (χ4n) is 13.7. The average molecular weight is 751 g/mol. The lowest BCUT2D eigenvalue weighted by molar-refractivity contribution is -0.466. The van der Waals surface area contributed by atoms with Crippen LogP contribution in [-0.2, 0) is 38.9 Å². The minimum absolute atomic E-state index is 0.0384. The lowest BCUT2D eigenvalue weighted by Crippen LogP contribution is -2.68. The summed E-state index contributed by atoms with van der Waals surface area (Å²) in [5.74, 6) is 4.15. The zero-order valence-electron chi connectivity index (χ0n) is 33.0. The van der Waals surface area contributed by atoms with Crippen molar-refractivity contribution >= 4 is 9.84 Å².